The van der Waals surface area contributed by atoms with Crippen LogP contribution in [0.15, 0.2) is 52.4 Å². The molecule has 176 valence electrons. The first-order valence-electron chi connectivity index (χ1n) is 10.2. The third-order valence-electron chi connectivity index (χ3n) is 5.20. The summed E-state index contributed by atoms with van der Waals surface area (Å²) in [5.74, 6) is -0.514. The highest BCUT2D eigenvalue weighted by molar-refractivity contribution is 8.22. The number of benzene rings is 2. The van der Waals surface area contributed by atoms with E-state index in [2.05, 4.69) is 10.3 Å². The summed E-state index contributed by atoms with van der Waals surface area (Å²) in [6.07, 6.45) is 1.16. The molecule has 1 heterocycles. The summed E-state index contributed by atoms with van der Waals surface area (Å²) in [6, 6.07) is 8.52. The standard InChI is InChI=1S/C21H25N5O6S/c1-4-25(5-2)33(31,32)16-8-6-14(3)18(11-16)23-20(27)12-24-13-22-19-10-15(26(29)30)7-9-17(19)21(24)28/h6-11,13,31-32H,4-5,12H2,1-3H3,(H,23,27). The molecule has 0 fully saturated rings. The number of carbonyl (C=O) groups excluding carboxylic acids is 1. The van der Waals surface area contributed by atoms with Gasteiger partial charge in [0.25, 0.3) is 11.2 Å². The van der Waals surface area contributed by atoms with Crippen LogP contribution in [-0.4, -0.2) is 46.9 Å². The van der Waals surface area contributed by atoms with Crippen molar-refractivity contribution in [3.05, 3.63) is 68.8 Å². The van der Waals surface area contributed by atoms with Crippen LogP contribution >= 0.6 is 10.8 Å². The Labute approximate surface area is 191 Å². The predicted molar refractivity (Wildman–Crippen MR) is 127 cm³/mol. The lowest BCUT2D eigenvalue weighted by Crippen LogP contribution is -2.28. The molecule has 0 saturated heterocycles. The average molecular weight is 476 g/mol. The van der Waals surface area contributed by atoms with E-state index in [1.807, 2.05) is 13.8 Å². The molecule has 0 aliphatic heterocycles. The summed E-state index contributed by atoms with van der Waals surface area (Å²) in [5.41, 5.74) is 0.568. The van der Waals surface area contributed by atoms with Crippen molar-refractivity contribution in [2.75, 3.05) is 18.4 Å². The number of nitro benzene ring substituents is 1. The van der Waals surface area contributed by atoms with Crippen LogP contribution in [0.1, 0.15) is 19.4 Å². The van der Waals surface area contributed by atoms with Gasteiger partial charge in [0.15, 0.2) is 0 Å². The van der Waals surface area contributed by atoms with Gasteiger partial charge in [0, 0.05) is 30.9 Å². The number of rotatable bonds is 8. The van der Waals surface area contributed by atoms with Gasteiger partial charge in [0.2, 0.25) is 5.91 Å². The summed E-state index contributed by atoms with van der Waals surface area (Å²) in [6.45, 7) is 5.95. The van der Waals surface area contributed by atoms with Crippen LogP contribution in [0.3, 0.4) is 0 Å². The summed E-state index contributed by atoms with van der Waals surface area (Å²) in [5, 5.41) is 13.8. The molecule has 0 aliphatic carbocycles. The van der Waals surface area contributed by atoms with E-state index in [4.69, 9.17) is 0 Å². The molecule has 3 N–H and O–H groups in total. The summed E-state index contributed by atoms with van der Waals surface area (Å²) in [7, 11) is -3.21. The number of hydrogen-bond donors (Lipinski definition) is 3. The smallest absolute Gasteiger partial charge is 0.271 e. The lowest BCUT2D eigenvalue weighted by molar-refractivity contribution is -0.384. The number of aryl methyl sites for hydroxylation is 1. The molecular formula is C21H25N5O6S. The Kier molecular flexibility index (Phi) is 7.12. The fourth-order valence-electron chi connectivity index (χ4n) is 3.36. The number of carbonyl (C=O) groups is 1. The van der Waals surface area contributed by atoms with Gasteiger partial charge in [0.05, 0.1) is 27.0 Å². The van der Waals surface area contributed by atoms with Crippen molar-refractivity contribution in [2.24, 2.45) is 0 Å². The largest absolute Gasteiger partial charge is 0.324 e. The van der Waals surface area contributed by atoms with E-state index < -0.39 is 27.2 Å². The molecule has 1 aromatic heterocycles. The Balaban J connectivity index is 1.84. The zero-order valence-corrected chi connectivity index (χ0v) is 19.2. The van der Waals surface area contributed by atoms with Crippen LogP contribution in [-0.2, 0) is 11.3 Å². The van der Waals surface area contributed by atoms with Gasteiger partial charge in [-0.05, 0) is 30.7 Å². The van der Waals surface area contributed by atoms with Crippen LogP contribution in [0.25, 0.3) is 10.9 Å². The number of aromatic nitrogens is 2. The summed E-state index contributed by atoms with van der Waals surface area (Å²) < 4.78 is 24.0. The van der Waals surface area contributed by atoms with Crippen LogP contribution in [0.5, 0.6) is 0 Å². The lowest BCUT2D eigenvalue weighted by Gasteiger charge is -2.42. The molecule has 33 heavy (non-hydrogen) atoms. The second kappa shape index (κ2) is 9.67. The average Bonchev–Trinajstić information content (AvgIpc) is 2.77. The van der Waals surface area contributed by atoms with E-state index in [9.17, 15) is 28.8 Å². The van der Waals surface area contributed by atoms with Crippen LogP contribution < -0.4 is 10.9 Å². The number of non-ortho nitro benzene ring substituents is 1. The van der Waals surface area contributed by atoms with Crippen LogP contribution in [0.4, 0.5) is 11.4 Å². The SMILES string of the molecule is CCN(CC)S(O)(O)c1ccc(C)c(NC(=O)Cn2cnc3cc([N+](=O)[O-])ccc3c2=O)c1. The van der Waals surface area contributed by atoms with E-state index in [-0.39, 0.29) is 28.0 Å². The zero-order valence-electron chi connectivity index (χ0n) is 18.4. The molecule has 0 atom stereocenters. The molecule has 0 radical (unpaired) electrons. The first-order chi connectivity index (χ1) is 15.6. The molecule has 3 aromatic rings. The Bertz CT molecular complexity index is 1270. The first-order valence-corrected chi connectivity index (χ1v) is 11.7. The molecule has 3 rings (SSSR count). The van der Waals surface area contributed by atoms with Gasteiger partial charge in [-0.2, -0.15) is 0 Å². The second-order valence-corrected chi connectivity index (χ2v) is 9.32. The number of anilines is 1. The Morgan fingerprint density at radius 1 is 1.21 bits per heavy atom. The van der Waals surface area contributed by atoms with Gasteiger partial charge in [-0.1, -0.05) is 19.9 Å². The number of nitrogens with one attached hydrogen (secondary N) is 1. The van der Waals surface area contributed by atoms with Crippen molar-refractivity contribution in [1.82, 2.24) is 13.9 Å². The van der Waals surface area contributed by atoms with Crippen molar-refractivity contribution < 1.29 is 18.8 Å². The van der Waals surface area contributed by atoms with E-state index in [1.54, 1.807) is 19.1 Å². The molecule has 0 saturated carbocycles. The molecular weight excluding hydrogens is 450 g/mol. The summed E-state index contributed by atoms with van der Waals surface area (Å²) in [4.78, 5) is 40.0. The Morgan fingerprint density at radius 2 is 1.91 bits per heavy atom. The molecule has 0 aliphatic rings. The van der Waals surface area contributed by atoms with Gasteiger partial charge in [-0.15, -0.1) is 10.8 Å². The minimum absolute atomic E-state index is 0.155. The minimum atomic E-state index is -3.21. The third kappa shape index (κ3) is 5.03. The highest BCUT2D eigenvalue weighted by Crippen LogP contribution is 2.51. The van der Waals surface area contributed by atoms with E-state index >= 15 is 0 Å². The van der Waals surface area contributed by atoms with Gasteiger partial charge < -0.3 is 5.32 Å². The Morgan fingerprint density at radius 3 is 2.55 bits per heavy atom. The molecule has 0 spiro atoms. The zero-order chi connectivity index (χ0) is 24.3. The highest BCUT2D eigenvalue weighted by atomic mass is 32.3. The minimum Gasteiger partial charge on any atom is -0.324 e. The van der Waals surface area contributed by atoms with Crippen molar-refractivity contribution >= 4 is 39.0 Å². The lowest BCUT2D eigenvalue weighted by atomic mass is 10.2. The van der Waals surface area contributed by atoms with Crippen molar-refractivity contribution in [2.45, 2.75) is 32.2 Å². The maximum Gasteiger partial charge on any atom is 0.271 e. The quantitative estimate of drug-likeness (QED) is 0.330. The number of amides is 1. The third-order valence-corrected chi connectivity index (χ3v) is 7.32. The molecule has 1 amide bonds. The van der Waals surface area contributed by atoms with Crippen molar-refractivity contribution in [3.63, 3.8) is 0 Å². The second-order valence-electron chi connectivity index (χ2n) is 7.29. The molecule has 11 nitrogen and oxygen atoms in total. The molecule has 12 heteroatoms. The fourth-order valence-corrected chi connectivity index (χ4v) is 4.90. The van der Waals surface area contributed by atoms with E-state index in [1.165, 1.54) is 28.6 Å². The Hall–Kier alpha value is -3.32. The van der Waals surface area contributed by atoms with Gasteiger partial charge in [-0.25, -0.2) is 9.29 Å². The number of hydrogen-bond acceptors (Lipinski definition) is 8. The van der Waals surface area contributed by atoms with Gasteiger partial charge in [-0.3, -0.25) is 33.4 Å². The van der Waals surface area contributed by atoms with Crippen molar-refractivity contribution in [3.8, 4) is 0 Å². The highest BCUT2D eigenvalue weighted by Gasteiger charge is 2.23. The van der Waals surface area contributed by atoms with E-state index in [0.717, 1.165) is 10.9 Å². The number of nitrogens with zero attached hydrogens (tertiary/aromatic N) is 4. The van der Waals surface area contributed by atoms with Crippen LogP contribution in [0.2, 0.25) is 0 Å². The topological polar surface area (TPSA) is 151 Å². The first kappa shape index (κ1) is 24.3. The van der Waals surface area contributed by atoms with Gasteiger partial charge in [0.1, 0.15) is 6.54 Å². The van der Waals surface area contributed by atoms with Crippen LogP contribution in [0, 0.1) is 17.0 Å². The maximum absolute atomic E-state index is 12.7. The van der Waals surface area contributed by atoms with E-state index in [0.29, 0.717) is 24.3 Å². The fraction of sp³-hybridized carbons (Fsp3) is 0.286. The van der Waals surface area contributed by atoms with Crippen molar-refractivity contribution in [1.29, 1.82) is 0 Å². The molecule has 0 bridgehead atoms. The molecule has 0 unspecified atom stereocenters. The number of fused-ring (bicyclic) bond motifs is 1. The predicted octanol–water partition coefficient (Wildman–Crippen LogP) is 3.62. The maximum atomic E-state index is 12.7. The van der Waals surface area contributed by atoms with Gasteiger partial charge >= 0.3 is 0 Å². The summed E-state index contributed by atoms with van der Waals surface area (Å²) >= 11 is 0. The number of nitro groups is 1. The normalized spacial score (nSPS) is 12.2. The monoisotopic (exact) mass is 475 g/mol. The molecule has 2 aromatic carbocycles.